The molecule has 1 heterocycles. The van der Waals surface area contributed by atoms with Crippen molar-refractivity contribution in [2.45, 2.75) is 0 Å². The highest BCUT2D eigenvalue weighted by molar-refractivity contribution is 6.53. The molecule has 1 aliphatic rings. The zero-order valence-corrected chi connectivity index (χ0v) is 22.3. The minimum atomic E-state index is -0.705. The van der Waals surface area contributed by atoms with Crippen molar-refractivity contribution in [2.24, 2.45) is 0 Å². The molecule has 0 spiro atoms. The molecule has 0 saturated heterocycles. The Kier molecular flexibility index (Phi) is 7.56. The summed E-state index contributed by atoms with van der Waals surface area (Å²) in [5.41, 5.74) is 3.45. The van der Waals surface area contributed by atoms with Crippen molar-refractivity contribution < 1.29 is 14.4 Å². The number of imide groups is 1. The Balaban J connectivity index is 1.23. The van der Waals surface area contributed by atoms with Crippen molar-refractivity contribution >= 4 is 81.0 Å². The number of rotatable bonds is 7. The van der Waals surface area contributed by atoms with Crippen LogP contribution in [0.4, 0.5) is 28.4 Å². The van der Waals surface area contributed by atoms with Crippen molar-refractivity contribution in [3.63, 3.8) is 0 Å². The number of halogens is 3. The molecule has 0 aromatic heterocycles. The molecule has 0 fully saturated rings. The Hall–Kier alpha value is -4.30. The summed E-state index contributed by atoms with van der Waals surface area (Å²) in [6.45, 7) is 0. The van der Waals surface area contributed by atoms with Crippen LogP contribution in [0.5, 0.6) is 0 Å². The zero-order chi connectivity index (χ0) is 27.5. The number of nitrogens with one attached hydrogen (secondary N) is 3. The molecule has 5 rings (SSSR count). The van der Waals surface area contributed by atoms with Crippen LogP contribution in [0.25, 0.3) is 0 Å². The molecule has 0 radical (unpaired) electrons. The highest BCUT2D eigenvalue weighted by Gasteiger charge is 2.39. The van der Waals surface area contributed by atoms with E-state index in [-0.39, 0.29) is 32.4 Å². The topological polar surface area (TPSA) is 90.5 Å². The number of hydrogen-bond donors (Lipinski definition) is 3. The van der Waals surface area contributed by atoms with Gasteiger partial charge in [0, 0.05) is 38.4 Å². The van der Waals surface area contributed by atoms with Crippen molar-refractivity contribution in [2.75, 3.05) is 20.9 Å². The third kappa shape index (κ3) is 5.91. The van der Waals surface area contributed by atoms with E-state index in [1.54, 1.807) is 36.4 Å². The summed E-state index contributed by atoms with van der Waals surface area (Å²) >= 11 is 18.2. The first-order valence-electron chi connectivity index (χ1n) is 11.6. The smallest absolute Gasteiger partial charge is 0.283 e. The van der Waals surface area contributed by atoms with Gasteiger partial charge in [0.05, 0.1) is 5.69 Å². The van der Waals surface area contributed by atoms with E-state index >= 15 is 0 Å². The first-order chi connectivity index (χ1) is 18.8. The Bertz CT molecular complexity index is 1590. The second kappa shape index (κ2) is 11.2. The molecule has 39 heavy (non-hydrogen) atoms. The lowest BCUT2D eigenvalue weighted by Crippen LogP contribution is -2.32. The highest BCUT2D eigenvalue weighted by Crippen LogP contribution is 2.33. The summed E-state index contributed by atoms with van der Waals surface area (Å²) in [5.74, 6) is -1.67. The normalized spacial score (nSPS) is 13.1. The van der Waals surface area contributed by atoms with E-state index in [9.17, 15) is 14.4 Å². The predicted molar refractivity (Wildman–Crippen MR) is 156 cm³/mol. The summed E-state index contributed by atoms with van der Waals surface area (Å²) in [6.07, 6.45) is 0. The zero-order valence-electron chi connectivity index (χ0n) is 20.0. The summed E-state index contributed by atoms with van der Waals surface area (Å²) in [7, 11) is 0. The molecule has 10 heteroatoms. The van der Waals surface area contributed by atoms with Gasteiger partial charge in [-0.25, -0.2) is 4.90 Å². The average molecular weight is 578 g/mol. The second-order valence-electron chi connectivity index (χ2n) is 8.49. The van der Waals surface area contributed by atoms with E-state index < -0.39 is 11.8 Å². The van der Waals surface area contributed by atoms with Crippen LogP contribution >= 0.6 is 34.8 Å². The number of hydrogen-bond acceptors (Lipinski definition) is 5. The van der Waals surface area contributed by atoms with E-state index in [0.29, 0.717) is 16.9 Å². The SMILES string of the molecule is O=C(Nc1ccc(Nc2ccccc2)cc1)c1ccc(NC2=C(Cl)C(=O)N(c3cc(Cl)cc(Cl)c3)C2=O)cc1. The molecule has 0 saturated carbocycles. The maximum atomic E-state index is 13.0. The molecule has 0 bridgehead atoms. The van der Waals surface area contributed by atoms with Crippen molar-refractivity contribution in [1.82, 2.24) is 0 Å². The highest BCUT2D eigenvalue weighted by atomic mass is 35.5. The van der Waals surface area contributed by atoms with Crippen LogP contribution in [0.2, 0.25) is 10.0 Å². The Morgan fingerprint density at radius 2 is 1.15 bits per heavy atom. The van der Waals surface area contributed by atoms with Gasteiger partial charge in [0.1, 0.15) is 10.7 Å². The largest absolute Gasteiger partial charge is 0.356 e. The molecule has 0 aliphatic carbocycles. The van der Waals surface area contributed by atoms with Crippen LogP contribution in [-0.2, 0) is 9.59 Å². The first-order valence-corrected chi connectivity index (χ1v) is 12.8. The molecule has 0 atom stereocenters. The maximum Gasteiger partial charge on any atom is 0.283 e. The van der Waals surface area contributed by atoms with Crippen LogP contribution in [-0.4, -0.2) is 17.7 Å². The number of nitrogens with zero attached hydrogens (tertiary/aromatic N) is 1. The van der Waals surface area contributed by atoms with Gasteiger partial charge < -0.3 is 16.0 Å². The van der Waals surface area contributed by atoms with Gasteiger partial charge in [-0.15, -0.1) is 0 Å². The second-order valence-corrected chi connectivity index (χ2v) is 9.74. The molecular formula is C29H19Cl3N4O3. The van der Waals surface area contributed by atoms with E-state index in [1.165, 1.54) is 18.2 Å². The number of anilines is 5. The van der Waals surface area contributed by atoms with Gasteiger partial charge in [0.2, 0.25) is 0 Å². The Morgan fingerprint density at radius 1 is 0.615 bits per heavy atom. The molecule has 3 N–H and O–H groups in total. The molecular weight excluding hydrogens is 559 g/mol. The lowest BCUT2D eigenvalue weighted by atomic mass is 10.1. The van der Waals surface area contributed by atoms with Crippen LogP contribution in [0.1, 0.15) is 10.4 Å². The molecule has 0 unspecified atom stereocenters. The third-order valence-corrected chi connectivity index (χ3v) is 6.54. The van der Waals surface area contributed by atoms with E-state index in [4.69, 9.17) is 34.8 Å². The summed E-state index contributed by atoms with van der Waals surface area (Å²) in [4.78, 5) is 39.3. The van der Waals surface area contributed by atoms with Gasteiger partial charge in [-0.3, -0.25) is 14.4 Å². The molecule has 194 valence electrons. The monoisotopic (exact) mass is 576 g/mol. The lowest BCUT2D eigenvalue weighted by molar-refractivity contribution is -0.120. The minimum Gasteiger partial charge on any atom is -0.356 e. The first kappa shape index (κ1) is 26.3. The summed E-state index contributed by atoms with van der Waals surface area (Å²) in [6, 6.07) is 27.9. The van der Waals surface area contributed by atoms with Crippen molar-refractivity contribution in [1.29, 1.82) is 0 Å². The van der Waals surface area contributed by atoms with Crippen molar-refractivity contribution in [3.05, 3.63) is 123 Å². The average Bonchev–Trinajstić information content (AvgIpc) is 3.13. The van der Waals surface area contributed by atoms with Gasteiger partial charge in [-0.2, -0.15) is 0 Å². The molecule has 7 nitrogen and oxygen atoms in total. The summed E-state index contributed by atoms with van der Waals surface area (Å²) < 4.78 is 0. The fourth-order valence-electron chi connectivity index (χ4n) is 3.89. The van der Waals surface area contributed by atoms with Crippen molar-refractivity contribution in [3.8, 4) is 0 Å². The maximum absolute atomic E-state index is 13.0. The number of carbonyl (C=O) groups excluding carboxylic acids is 3. The quantitative estimate of drug-likeness (QED) is 0.199. The van der Waals surface area contributed by atoms with E-state index in [1.807, 2.05) is 42.5 Å². The summed E-state index contributed by atoms with van der Waals surface area (Å²) in [5, 5.41) is 9.27. The van der Waals surface area contributed by atoms with Gasteiger partial charge in [-0.1, -0.05) is 53.0 Å². The standard InChI is InChI=1S/C29H19Cl3N4O3/c30-18-14-19(31)16-24(15-18)36-28(38)25(32)26(29(36)39)34-22-8-6-17(7-9-22)27(37)35-23-12-10-21(11-13-23)33-20-4-2-1-3-5-20/h1-16,33-34H,(H,35,37). The van der Waals surface area contributed by atoms with E-state index in [0.717, 1.165) is 16.3 Å². The van der Waals surface area contributed by atoms with Crippen LogP contribution < -0.4 is 20.9 Å². The van der Waals surface area contributed by atoms with E-state index in [2.05, 4.69) is 16.0 Å². The van der Waals surface area contributed by atoms with Crippen LogP contribution in [0.15, 0.2) is 108 Å². The Morgan fingerprint density at radius 3 is 1.79 bits per heavy atom. The van der Waals surface area contributed by atoms with Gasteiger partial charge in [-0.05, 0) is 78.9 Å². The minimum absolute atomic E-state index is 0.0980. The molecule has 1 aliphatic heterocycles. The molecule has 3 amide bonds. The number of para-hydroxylation sites is 1. The fourth-order valence-corrected chi connectivity index (χ4v) is 4.62. The Labute approximate surface area is 239 Å². The third-order valence-electron chi connectivity index (χ3n) is 5.75. The number of carbonyl (C=O) groups is 3. The number of amides is 3. The van der Waals surface area contributed by atoms with Crippen LogP contribution in [0.3, 0.4) is 0 Å². The molecule has 4 aromatic rings. The van der Waals surface area contributed by atoms with Gasteiger partial charge in [0.25, 0.3) is 17.7 Å². The molecule has 4 aromatic carbocycles. The van der Waals surface area contributed by atoms with Crippen LogP contribution in [0, 0.1) is 0 Å². The number of benzene rings is 4. The fraction of sp³-hybridized carbons (Fsp3) is 0. The lowest BCUT2D eigenvalue weighted by Gasteiger charge is -2.16. The predicted octanol–water partition coefficient (Wildman–Crippen LogP) is 7.43. The van der Waals surface area contributed by atoms with Gasteiger partial charge in [0.15, 0.2) is 0 Å². The van der Waals surface area contributed by atoms with Gasteiger partial charge >= 0.3 is 0 Å².